The number of benzene rings is 1. The maximum Gasteiger partial charge on any atom is 0.317 e. The van der Waals surface area contributed by atoms with Gasteiger partial charge in [-0.25, -0.2) is 0 Å². The van der Waals surface area contributed by atoms with Gasteiger partial charge < -0.3 is 20.4 Å². The van der Waals surface area contributed by atoms with Crippen LogP contribution in [0.5, 0.6) is 0 Å². The van der Waals surface area contributed by atoms with Crippen LogP contribution in [0.4, 0.5) is 0 Å². The molecule has 0 amide bonds. The van der Waals surface area contributed by atoms with E-state index >= 15 is 0 Å². The number of aliphatic carboxylic acids is 4. The summed E-state index contributed by atoms with van der Waals surface area (Å²) in [5.41, 5.74) is 0.963. The summed E-state index contributed by atoms with van der Waals surface area (Å²) in [6.07, 6.45) is 0.474. The van der Waals surface area contributed by atoms with Gasteiger partial charge in [0, 0.05) is 51.9 Å². The highest BCUT2D eigenvalue weighted by Crippen LogP contribution is 2.13. The van der Waals surface area contributed by atoms with Crippen LogP contribution in [0.3, 0.4) is 0 Å². The van der Waals surface area contributed by atoms with Gasteiger partial charge >= 0.3 is 23.9 Å². The Morgan fingerprint density at radius 2 is 1.06 bits per heavy atom. The van der Waals surface area contributed by atoms with E-state index in [1.807, 2.05) is 30.3 Å². The molecule has 2 rings (SSSR count). The minimum atomic E-state index is -1.03. The highest BCUT2D eigenvalue weighted by molar-refractivity contribution is 5.70. The predicted octanol–water partition coefficient (Wildman–Crippen LogP) is -0.842. The van der Waals surface area contributed by atoms with Crippen LogP contribution in [0.25, 0.3) is 0 Å². The van der Waals surface area contributed by atoms with Crippen molar-refractivity contribution in [2.75, 3.05) is 72.0 Å². The average Bonchev–Trinajstić information content (AvgIpc) is 2.76. The van der Waals surface area contributed by atoms with Crippen molar-refractivity contribution in [1.82, 2.24) is 19.6 Å². The zero-order valence-corrected chi connectivity index (χ0v) is 19.7. The van der Waals surface area contributed by atoms with Crippen molar-refractivity contribution in [3.05, 3.63) is 35.9 Å². The summed E-state index contributed by atoms with van der Waals surface area (Å²) in [5.74, 6) is -4.11. The number of nitrogens with zero attached hydrogens (tertiary/aromatic N) is 4. The van der Waals surface area contributed by atoms with Gasteiger partial charge in [0.25, 0.3) is 0 Å². The zero-order valence-electron chi connectivity index (χ0n) is 19.7. The standard InChI is InChI=1S/C23H34N4O8/c28-20(29)14-24-6-7-25(15-21(30)31)10-11-27(17-23(34)35)19(12-18-4-2-1-3-5-18)13-26(9-8-24)16-22(32)33/h1-5,19H,6-17H2,(H,28,29)(H,30,31)(H,32,33)(H,34,35). The monoisotopic (exact) mass is 494 g/mol. The number of hydrogen-bond acceptors (Lipinski definition) is 8. The molecule has 12 heteroatoms. The third kappa shape index (κ3) is 11.3. The van der Waals surface area contributed by atoms with Crippen LogP contribution in [0.2, 0.25) is 0 Å². The molecule has 35 heavy (non-hydrogen) atoms. The zero-order chi connectivity index (χ0) is 25.8. The predicted molar refractivity (Wildman–Crippen MR) is 125 cm³/mol. The van der Waals surface area contributed by atoms with Gasteiger partial charge in [-0.1, -0.05) is 30.3 Å². The minimum absolute atomic E-state index is 0.250. The van der Waals surface area contributed by atoms with E-state index in [0.29, 0.717) is 6.42 Å². The second-order valence-electron chi connectivity index (χ2n) is 8.68. The molecule has 4 N–H and O–H groups in total. The van der Waals surface area contributed by atoms with E-state index in [1.165, 1.54) is 0 Å². The van der Waals surface area contributed by atoms with E-state index in [2.05, 4.69) is 0 Å². The summed E-state index contributed by atoms with van der Waals surface area (Å²) in [5, 5.41) is 37.6. The molecule has 1 heterocycles. The quantitative estimate of drug-likeness (QED) is 0.319. The smallest absolute Gasteiger partial charge is 0.317 e. The summed E-state index contributed by atoms with van der Waals surface area (Å²) < 4.78 is 0. The van der Waals surface area contributed by atoms with Crippen molar-refractivity contribution in [2.45, 2.75) is 12.5 Å². The Kier molecular flexibility index (Phi) is 11.6. The number of rotatable bonds is 10. The first-order chi connectivity index (χ1) is 16.6. The third-order valence-electron chi connectivity index (χ3n) is 5.88. The summed E-state index contributed by atoms with van der Waals surface area (Å²) >= 11 is 0. The van der Waals surface area contributed by atoms with Gasteiger partial charge in [-0.2, -0.15) is 0 Å². The molecule has 1 aliphatic heterocycles. The van der Waals surface area contributed by atoms with Crippen molar-refractivity contribution in [2.24, 2.45) is 0 Å². The summed E-state index contributed by atoms with van der Waals surface area (Å²) in [6, 6.07) is 9.10. The fourth-order valence-electron chi connectivity index (χ4n) is 4.24. The first kappa shape index (κ1) is 28.2. The molecule has 0 aromatic heterocycles. The van der Waals surface area contributed by atoms with Gasteiger partial charge in [0.15, 0.2) is 0 Å². The second kappa shape index (κ2) is 14.4. The van der Waals surface area contributed by atoms with Crippen LogP contribution in [-0.2, 0) is 25.6 Å². The van der Waals surface area contributed by atoms with E-state index < -0.39 is 23.9 Å². The van der Waals surface area contributed by atoms with E-state index in [9.17, 15) is 39.6 Å². The van der Waals surface area contributed by atoms with Crippen LogP contribution >= 0.6 is 0 Å². The van der Waals surface area contributed by atoms with Gasteiger partial charge in [-0.15, -0.1) is 0 Å². The van der Waals surface area contributed by atoms with Gasteiger partial charge in [0.1, 0.15) is 0 Å². The molecule has 1 unspecified atom stereocenters. The van der Waals surface area contributed by atoms with Crippen molar-refractivity contribution >= 4 is 23.9 Å². The Morgan fingerprint density at radius 3 is 1.54 bits per heavy atom. The van der Waals surface area contributed by atoms with Gasteiger partial charge in [0.05, 0.1) is 26.2 Å². The Morgan fingerprint density at radius 1 is 0.629 bits per heavy atom. The Labute approximate surface area is 203 Å². The lowest BCUT2D eigenvalue weighted by Crippen LogP contribution is -2.53. The fourth-order valence-corrected chi connectivity index (χ4v) is 4.24. The first-order valence-corrected chi connectivity index (χ1v) is 11.4. The van der Waals surface area contributed by atoms with E-state index in [0.717, 1.165) is 5.56 Å². The largest absolute Gasteiger partial charge is 0.480 e. The topological polar surface area (TPSA) is 162 Å². The SMILES string of the molecule is O=C(O)CN1CCN(CC(=O)O)CCN(CC(=O)O)C(Cc2ccccc2)CN(CC(=O)O)CC1. The highest BCUT2D eigenvalue weighted by atomic mass is 16.4. The molecule has 12 nitrogen and oxygen atoms in total. The van der Waals surface area contributed by atoms with E-state index in [-0.39, 0.29) is 78.0 Å². The summed E-state index contributed by atoms with van der Waals surface area (Å²) in [4.78, 5) is 52.8. The van der Waals surface area contributed by atoms with Crippen molar-refractivity contribution in [1.29, 1.82) is 0 Å². The van der Waals surface area contributed by atoms with Crippen molar-refractivity contribution in [3.8, 4) is 0 Å². The maximum atomic E-state index is 11.7. The molecular weight excluding hydrogens is 460 g/mol. The molecule has 1 aromatic rings. The summed E-state index contributed by atoms with van der Waals surface area (Å²) in [6.45, 7) is 0.854. The van der Waals surface area contributed by atoms with Crippen LogP contribution in [0.15, 0.2) is 30.3 Å². The van der Waals surface area contributed by atoms with Crippen molar-refractivity contribution < 1.29 is 39.6 Å². The van der Waals surface area contributed by atoms with Gasteiger partial charge in [0.2, 0.25) is 0 Å². The van der Waals surface area contributed by atoms with Gasteiger partial charge in [-0.05, 0) is 12.0 Å². The van der Waals surface area contributed by atoms with Gasteiger partial charge in [-0.3, -0.25) is 38.8 Å². The van der Waals surface area contributed by atoms with Crippen molar-refractivity contribution in [3.63, 3.8) is 0 Å². The highest BCUT2D eigenvalue weighted by Gasteiger charge is 2.27. The lowest BCUT2D eigenvalue weighted by Gasteiger charge is -2.37. The fraction of sp³-hybridized carbons (Fsp3) is 0.565. The molecule has 1 aromatic carbocycles. The van der Waals surface area contributed by atoms with Crippen LogP contribution < -0.4 is 0 Å². The normalized spacial score (nSPS) is 19.9. The van der Waals surface area contributed by atoms with E-state index in [4.69, 9.17) is 0 Å². The third-order valence-corrected chi connectivity index (χ3v) is 5.88. The second-order valence-corrected chi connectivity index (χ2v) is 8.68. The first-order valence-electron chi connectivity index (χ1n) is 11.4. The molecule has 1 atom stereocenters. The molecule has 0 aliphatic carbocycles. The number of carboxylic acid groups (broad SMARTS) is 4. The van der Waals surface area contributed by atoms with Crippen LogP contribution in [0.1, 0.15) is 5.56 Å². The Hall–Kier alpha value is -3.06. The molecule has 194 valence electrons. The maximum absolute atomic E-state index is 11.7. The lowest BCUT2D eigenvalue weighted by atomic mass is 10.0. The number of hydrogen-bond donors (Lipinski definition) is 4. The summed E-state index contributed by atoms with van der Waals surface area (Å²) in [7, 11) is 0. The van der Waals surface area contributed by atoms with Crippen LogP contribution in [0, 0.1) is 0 Å². The number of carbonyl (C=O) groups is 4. The molecular formula is C23H34N4O8. The average molecular weight is 495 g/mol. The Balaban J connectivity index is 2.36. The van der Waals surface area contributed by atoms with Crippen LogP contribution in [-0.4, -0.2) is 142 Å². The molecule has 0 bridgehead atoms. The number of carboxylic acids is 4. The minimum Gasteiger partial charge on any atom is -0.480 e. The van der Waals surface area contributed by atoms with E-state index in [1.54, 1.807) is 19.6 Å². The Bertz CT molecular complexity index is 853. The molecule has 0 radical (unpaired) electrons. The molecule has 0 saturated carbocycles. The molecule has 1 saturated heterocycles. The molecule has 1 fully saturated rings. The molecule has 0 spiro atoms. The molecule has 1 aliphatic rings. The lowest BCUT2D eigenvalue weighted by molar-refractivity contribution is -0.142.